The second-order valence-corrected chi connectivity index (χ2v) is 10.1. The largest absolute Gasteiger partial charge is 4.00 e. The van der Waals surface area contributed by atoms with E-state index in [4.69, 9.17) is 0 Å². The molecular weight excluding hydrogens is 470 g/mol. The van der Waals surface area contributed by atoms with E-state index in [1.54, 1.807) is 21.5 Å². The zero-order chi connectivity index (χ0) is 12.8. The second-order valence-electron chi connectivity index (χ2n) is 5.89. The first-order valence-electron chi connectivity index (χ1n) is 6.41. The molecule has 0 N–H and O–H groups in total. The van der Waals surface area contributed by atoms with Crippen LogP contribution in [0.4, 0.5) is 0 Å². The summed E-state index contributed by atoms with van der Waals surface area (Å²) in [5.74, 6) is 0. The summed E-state index contributed by atoms with van der Waals surface area (Å²) < 4.78 is 0. The average molecular weight is 492 g/mol. The van der Waals surface area contributed by atoms with Crippen molar-refractivity contribution in [2.75, 3.05) is 0 Å². The Morgan fingerprint density at radius 3 is 1.25 bits per heavy atom. The molecule has 0 atom stereocenters. The Balaban J connectivity index is 0. The van der Waals surface area contributed by atoms with Gasteiger partial charge in [0.05, 0.1) is 0 Å². The summed E-state index contributed by atoms with van der Waals surface area (Å²) in [4.78, 5) is 0. The van der Waals surface area contributed by atoms with Crippen molar-refractivity contribution < 1.29 is 50.7 Å². The molecule has 20 heavy (non-hydrogen) atoms. The van der Waals surface area contributed by atoms with Gasteiger partial charge in [-0.1, -0.05) is 48.9 Å². The van der Waals surface area contributed by atoms with Gasteiger partial charge in [-0.3, -0.25) is 12.2 Å². The Bertz CT molecular complexity index is 453. The van der Waals surface area contributed by atoms with E-state index in [0.717, 1.165) is 12.8 Å². The first-order valence-corrected chi connectivity index (χ1v) is 9.41. The van der Waals surface area contributed by atoms with Crippen molar-refractivity contribution in [3.05, 3.63) is 44.8 Å². The number of halogens is 2. The number of hydrogen-bond donors (Lipinski definition) is 0. The summed E-state index contributed by atoms with van der Waals surface area (Å²) in [6.07, 6.45) is 9.08. The third-order valence-electron chi connectivity index (χ3n) is 4.09. The fourth-order valence-electron chi connectivity index (χ4n) is 3.65. The SMILES string of the molecule is CC1=[C-]CC(C)=C1[Si](C)(C)C1=C(C)C[C-]=C1C.[Cl-].[Cl-].[Hf+4]. The molecule has 2 rings (SSSR count). The van der Waals surface area contributed by atoms with Crippen LogP contribution in [-0.4, -0.2) is 8.07 Å². The molecule has 2 aliphatic rings. The van der Waals surface area contributed by atoms with Gasteiger partial charge in [0.2, 0.25) is 0 Å². The molecule has 0 saturated carbocycles. The summed E-state index contributed by atoms with van der Waals surface area (Å²) in [6, 6.07) is 0. The van der Waals surface area contributed by atoms with Crippen LogP contribution in [-0.2, 0) is 25.8 Å². The van der Waals surface area contributed by atoms with Gasteiger partial charge >= 0.3 is 25.8 Å². The van der Waals surface area contributed by atoms with Crippen molar-refractivity contribution in [3.8, 4) is 0 Å². The molecule has 0 aliphatic heterocycles. The Kier molecular flexibility index (Phi) is 9.52. The minimum atomic E-state index is -1.53. The minimum Gasteiger partial charge on any atom is -1.00 e. The van der Waals surface area contributed by atoms with Crippen molar-refractivity contribution in [2.45, 2.75) is 53.6 Å². The first-order chi connectivity index (χ1) is 7.85. The van der Waals surface area contributed by atoms with E-state index in [9.17, 15) is 0 Å². The van der Waals surface area contributed by atoms with Crippen molar-refractivity contribution in [3.63, 3.8) is 0 Å². The summed E-state index contributed by atoms with van der Waals surface area (Å²) in [6.45, 7) is 14.0. The molecule has 0 heterocycles. The maximum absolute atomic E-state index is 3.50. The molecule has 0 nitrogen and oxygen atoms in total. The van der Waals surface area contributed by atoms with Crippen LogP contribution in [0, 0.1) is 12.2 Å². The van der Waals surface area contributed by atoms with Crippen molar-refractivity contribution in [1.82, 2.24) is 0 Å². The minimum absolute atomic E-state index is 0. The summed E-state index contributed by atoms with van der Waals surface area (Å²) in [5, 5.41) is 3.27. The number of hydrogen-bond acceptors (Lipinski definition) is 0. The molecule has 0 aromatic heterocycles. The van der Waals surface area contributed by atoms with E-state index in [0.29, 0.717) is 0 Å². The molecule has 0 aromatic carbocycles. The third-order valence-corrected chi connectivity index (χ3v) is 8.19. The van der Waals surface area contributed by atoms with Gasteiger partial charge in [-0.2, -0.15) is 11.1 Å². The molecule has 2 aliphatic carbocycles. The van der Waals surface area contributed by atoms with E-state index in [-0.39, 0.29) is 50.7 Å². The van der Waals surface area contributed by atoms with Crippen LogP contribution in [0.3, 0.4) is 0 Å². The Morgan fingerprint density at radius 1 is 0.750 bits per heavy atom. The molecule has 0 spiro atoms. The van der Waals surface area contributed by atoms with Gasteiger partial charge in [-0.05, 0) is 0 Å². The normalized spacial score (nSPS) is 18.1. The van der Waals surface area contributed by atoms with Gasteiger partial charge in [0, 0.05) is 0 Å². The molecule has 0 radical (unpaired) electrons. The van der Waals surface area contributed by atoms with Crippen LogP contribution >= 0.6 is 0 Å². The van der Waals surface area contributed by atoms with E-state index in [2.05, 4.69) is 52.9 Å². The smallest absolute Gasteiger partial charge is 1.00 e. The fourth-order valence-corrected chi connectivity index (χ4v) is 8.27. The predicted octanol–water partition coefficient (Wildman–Crippen LogP) is -1.28. The van der Waals surface area contributed by atoms with Crippen LogP contribution in [0.1, 0.15) is 40.5 Å². The summed E-state index contributed by atoms with van der Waals surface area (Å²) in [7, 11) is -1.53. The van der Waals surface area contributed by atoms with Crippen LogP contribution in [0.15, 0.2) is 32.7 Å². The van der Waals surface area contributed by atoms with E-state index in [1.807, 2.05) is 0 Å². The van der Waals surface area contributed by atoms with E-state index >= 15 is 0 Å². The number of allylic oxidation sites excluding steroid dienone is 8. The summed E-state index contributed by atoms with van der Waals surface area (Å²) >= 11 is 0. The molecule has 0 unspecified atom stereocenters. The average Bonchev–Trinajstić information content (AvgIpc) is 2.71. The summed E-state index contributed by atoms with van der Waals surface area (Å²) in [5.41, 5.74) is 5.89. The fraction of sp³-hybridized carbons (Fsp3) is 0.500. The van der Waals surface area contributed by atoms with Crippen LogP contribution in [0.25, 0.3) is 0 Å². The first kappa shape index (κ1) is 22.9. The van der Waals surface area contributed by atoms with Gasteiger partial charge < -0.3 is 24.8 Å². The topological polar surface area (TPSA) is 0 Å². The zero-order valence-corrected chi connectivity index (χ0v) is 19.3. The quantitative estimate of drug-likeness (QED) is 0.333. The van der Waals surface area contributed by atoms with E-state index < -0.39 is 8.07 Å². The van der Waals surface area contributed by atoms with Gasteiger partial charge in [-0.15, -0.1) is 12.8 Å². The zero-order valence-electron chi connectivity index (χ0n) is 13.2. The van der Waals surface area contributed by atoms with Crippen LogP contribution in [0.5, 0.6) is 0 Å². The molecule has 0 bridgehead atoms. The Hall–Kier alpha value is 0.627. The molecule has 0 fully saturated rings. The molecule has 0 aromatic rings. The standard InChI is InChI=1S/C16H22Si.2ClH.Hf/c1-11-7-8-12(2)15(11)17(5,6)16-13(3)9-10-14(16)4;;;/h7,9H2,1-6H3;2*1H;/q-2;;;+4/p-2. The molecule has 4 heteroatoms. The van der Waals surface area contributed by atoms with Crippen molar-refractivity contribution in [1.29, 1.82) is 0 Å². The molecular formula is C16H22Cl2HfSi. The Morgan fingerprint density at radius 2 is 1.05 bits per heavy atom. The van der Waals surface area contributed by atoms with Gasteiger partial charge in [-0.25, -0.2) is 21.5 Å². The van der Waals surface area contributed by atoms with Crippen LogP contribution in [0.2, 0.25) is 13.1 Å². The van der Waals surface area contributed by atoms with Crippen molar-refractivity contribution in [2.24, 2.45) is 0 Å². The third kappa shape index (κ3) is 3.88. The molecule has 108 valence electrons. The maximum atomic E-state index is 3.50. The van der Waals surface area contributed by atoms with Gasteiger partial charge in [0.15, 0.2) is 0 Å². The molecule has 0 amide bonds. The molecule has 0 saturated heterocycles. The maximum Gasteiger partial charge on any atom is 4.00 e. The van der Waals surface area contributed by atoms with Gasteiger partial charge in [0.1, 0.15) is 0 Å². The predicted molar refractivity (Wildman–Crippen MR) is 77.0 cm³/mol. The number of rotatable bonds is 2. The monoisotopic (exact) mass is 492 g/mol. The van der Waals surface area contributed by atoms with Gasteiger partial charge in [0.25, 0.3) is 0 Å². The Labute approximate surface area is 156 Å². The van der Waals surface area contributed by atoms with E-state index in [1.165, 1.54) is 11.1 Å². The van der Waals surface area contributed by atoms with Crippen molar-refractivity contribution >= 4 is 8.07 Å². The van der Waals surface area contributed by atoms with Crippen LogP contribution < -0.4 is 24.8 Å². The second kappa shape index (κ2) is 8.31.